The second-order valence-electron chi connectivity index (χ2n) is 7.04. The summed E-state index contributed by atoms with van der Waals surface area (Å²) < 4.78 is 11.5. The van der Waals surface area contributed by atoms with Gasteiger partial charge in [0.2, 0.25) is 0 Å². The van der Waals surface area contributed by atoms with Crippen LogP contribution in [0.25, 0.3) is 0 Å². The lowest BCUT2D eigenvalue weighted by atomic mass is 10.2. The number of nitrogens with zero attached hydrogens (tertiary/aromatic N) is 3. The molecule has 1 aromatic heterocycles. The van der Waals surface area contributed by atoms with Crippen molar-refractivity contribution in [2.24, 2.45) is 4.99 Å². The minimum atomic E-state index is 0.644. The molecule has 0 atom stereocenters. The number of hydrogen-bond acceptors (Lipinski definition) is 6. The van der Waals surface area contributed by atoms with Gasteiger partial charge in [0.1, 0.15) is 6.61 Å². The van der Waals surface area contributed by atoms with Crippen molar-refractivity contribution in [1.82, 2.24) is 20.5 Å². The lowest BCUT2D eigenvalue weighted by molar-refractivity contribution is 0.217. The first-order valence-electron chi connectivity index (χ1n) is 11.0. The van der Waals surface area contributed by atoms with E-state index in [1.807, 2.05) is 18.3 Å². The van der Waals surface area contributed by atoms with Crippen LogP contribution < -0.4 is 20.1 Å². The van der Waals surface area contributed by atoms with Crippen LogP contribution >= 0.6 is 11.3 Å². The third kappa shape index (κ3) is 8.38. The van der Waals surface area contributed by atoms with Gasteiger partial charge in [-0.05, 0) is 37.2 Å². The van der Waals surface area contributed by atoms with E-state index in [0.29, 0.717) is 13.2 Å². The molecule has 0 saturated heterocycles. The van der Waals surface area contributed by atoms with Gasteiger partial charge in [-0.3, -0.25) is 4.99 Å². The maximum Gasteiger partial charge on any atom is 0.191 e. The highest BCUT2D eigenvalue weighted by molar-refractivity contribution is 7.11. The van der Waals surface area contributed by atoms with Crippen LogP contribution in [0.4, 0.5) is 0 Å². The minimum Gasteiger partial charge on any atom is -0.493 e. The Balaban J connectivity index is 1.81. The molecule has 0 fully saturated rings. The molecule has 0 amide bonds. The van der Waals surface area contributed by atoms with Gasteiger partial charge in [0, 0.05) is 44.2 Å². The SMILES string of the molecule is CCc1cnc(CCNC(=NC)NCc2ccc(OCCN(CC)CC)c(OC)c2)s1. The van der Waals surface area contributed by atoms with Gasteiger partial charge in [0.05, 0.1) is 12.1 Å². The van der Waals surface area contributed by atoms with Crippen molar-refractivity contribution in [2.75, 3.05) is 46.9 Å². The average Bonchev–Trinajstić information content (AvgIpc) is 3.27. The van der Waals surface area contributed by atoms with E-state index >= 15 is 0 Å². The van der Waals surface area contributed by atoms with Crippen LogP contribution in [0.3, 0.4) is 0 Å². The molecular formula is C23H37N5O2S. The van der Waals surface area contributed by atoms with Crippen LogP contribution in [0.2, 0.25) is 0 Å². The number of aryl methyl sites for hydroxylation is 1. The second-order valence-corrected chi connectivity index (χ2v) is 8.24. The fraction of sp³-hybridized carbons (Fsp3) is 0.565. The predicted octanol–water partition coefficient (Wildman–Crippen LogP) is 3.34. The average molecular weight is 448 g/mol. The van der Waals surface area contributed by atoms with Crippen LogP contribution in [0.5, 0.6) is 11.5 Å². The highest BCUT2D eigenvalue weighted by atomic mass is 32.1. The van der Waals surface area contributed by atoms with Crippen LogP contribution in [-0.2, 0) is 19.4 Å². The van der Waals surface area contributed by atoms with Crippen molar-refractivity contribution in [3.05, 3.63) is 39.8 Å². The van der Waals surface area contributed by atoms with Crippen molar-refractivity contribution in [3.63, 3.8) is 0 Å². The summed E-state index contributed by atoms with van der Waals surface area (Å²) in [7, 11) is 3.45. The second kappa shape index (κ2) is 13.9. The molecular weight excluding hydrogens is 410 g/mol. The van der Waals surface area contributed by atoms with Gasteiger partial charge in [-0.25, -0.2) is 4.98 Å². The summed E-state index contributed by atoms with van der Waals surface area (Å²) in [5, 5.41) is 7.85. The molecule has 0 unspecified atom stereocenters. The fourth-order valence-electron chi connectivity index (χ4n) is 3.09. The molecule has 2 aromatic rings. The molecule has 31 heavy (non-hydrogen) atoms. The van der Waals surface area contributed by atoms with E-state index < -0.39 is 0 Å². The highest BCUT2D eigenvalue weighted by Gasteiger charge is 2.08. The molecule has 1 aromatic carbocycles. The minimum absolute atomic E-state index is 0.644. The number of ether oxygens (including phenoxy) is 2. The Morgan fingerprint density at radius 2 is 1.97 bits per heavy atom. The van der Waals surface area contributed by atoms with Crippen molar-refractivity contribution in [2.45, 2.75) is 40.2 Å². The van der Waals surface area contributed by atoms with Crippen LogP contribution in [0.15, 0.2) is 29.4 Å². The zero-order chi connectivity index (χ0) is 22.5. The summed E-state index contributed by atoms with van der Waals surface area (Å²) in [6.07, 6.45) is 3.90. The lowest BCUT2D eigenvalue weighted by Crippen LogP contribution is -2.37. The summed E-state index contributed by atoms with van der Waals surface area (Å²) in [6, 6.07) is 6.04. The molecule has 0 radical (unpaired) electrons. The quantitative estimate of drug-likeness (QED) is 0.363. The number of rotatable bonds is 13. The Hall–Kier alpha value is -2.32. The van der Waals surface area contributed by atoms with Gasteiger partial charge in [0.15, 0.2) is 17.5 Å². The Labute approximate surface area is 190 Å². The molecule has 172 valence electrons. The highest BCUT2D eigenvalue weighted by Crippen LogP contribution is 2.28. The van der Waals surface area contributed by atoms with Gasteiger partial charge < -0.3 is 25.0 Å². The van der Waals surface area contributed by atoms with Crippen molar-refractivity contribution >= 4 is 17.3 Å². The molecule has 0 aliphatic heterocycles. The van der Waals surface area contributed by atoms with Crippen molar-refractivity contribution < 1.29 is 9.47 Å². The molecule has 0 aliphatic rings. The van der Waals surface area contributed by atoms with E-state index in [-0.39, 0.29) is 0 Å². The molecule has 0 spiro atoms. The first-order chi connectivity index (χ1) is 15.1. The van der Waals surface area contributed by atoms with E-state index in [0.717, 1.165) is 67.1 Å². The molecule has 0 bridgehead atoms. The Bertz CT molecular complexity index is 805. The van der Waals surface area contributed by atoms with E-state index in [1.54, 1.807) is 25.5 Å². The van der Waals surface area contributed by atoms with E-state index in [4.69, 9.17) is 9.47 Å². The van der Waals surface area contributed by atoms with Crippen LogP contribution in [0.1, 0.15) is 36.2 Å². The normalized spacial score (nSPS) is 11.6. The Morgan fingerprint density at radius 3 is 2.61 bits per heavy atom. The van der Waals surface area contributed by atoms with Crippen molar-refractivity contribution in [3.8, 4) is 11.5 Å². The number of methoxy groups -OCH3 is 1. The number of nitrogens with one attached hydrogen (secondary N) is 2. The Morgan fingerprint density at radius 1 is 1.16 bits per heavy atom. The number of likely N-dealkylation sites (N-methyl/N-ethyl adjacent to an activating group) is 1. The molecule has 1 heterocycles. The predicted molar refractivity (Wildman–Crippen MR) is 130 cm³/mol. The maximum atomic E-state index is 5.94. The monoisotopic (exact) mass is 447 g/mol. The smallest absolute Gasteiger partial charge is 0.191 e. The molecule has 8 heteroatoms. The van der Waals surface area contributed by atoms with E-state index in [2.05, 4.69) is 52.3 Å². The molecule has 7 nitrogen and oxygen atoms in total. The summed E-state index contributed by atoms with van der Waals surface area (Å²) in [4.78, 5) is 12.4. The van der Waals surface area contributed by atoms with Crippen molar-refractivity contribution in [1.29, 1.82) is 0 Å². The third-order valence-electron chi connectivity index (χ3n) is 5.05. The van der Waals surface area contributed by atoms with E-state index in [9.17, 15) is 0 Å². The number of aromatic nitrogens is 1. The topological polar surface area (TPSA) is 71.0 Å². The van der Waals surface area contributed by atoms with Gasteiger partial charge in [-0.15, -0.1) is 11.3 Å². The first-order valence-corrected chi connectivity index (χ1v) is 11.8. The first kappa shape index (κ1) is 24.9. The Kier molecular flexibility index (Phi) is 11.2. The lowest BCUT2D eigenvalue weighted by Gasteiger charge is -2.19. The van der Waals surface area contributed by atoms with E-state index in [1.165, 1.54) is 4.88 Å². The molecule has 0 aliphatic carbocycles. The summed E-state index contributed by atoms with van der Waals surface area (Å²) in [5.41, 5.74) is 1.10. The number of aliphatic imine (C=N–C) groups is 1. The molecule has 2 rings (SSSR count). The van der Waals surface area contributed by atoms with Crippen LogP contribution in [0, 0.1) is 0 Å². The zero-order valence-corrected chi connectivity index (χ0v) is 20.3. The fourth-order valence-corrected chi connectivity index (χ4v) is 3.95. The zero-order valence-electron chi connectivity index (χ0n) is 19.5. The largest absolute Gasteiger partial charge is 0.493 e. The van der Waals surface area contributed by atoms with Gasteiger partial charge in [-0.2, -0.15) is 0 Å². The summed E-state index contributed by atoms with van der Waals surface area (Å²) in [5.74, 6) is 2.29. The molecule has 0 saturated carbocycles. The molecule has 2 N–H and O–H groups in total. The number of thiazole rings is 1. The summed E-state index contributed by atoms with van der Waals surface area (Å²) >= 11 is 1.78. The number of hydrogen-bond donors (Lipinski definition) is 2. The van der Waals surface area contributed by atoms with Crippen LogP contribution in [-0.4, -0.2) is 62.8 Å². The maximum absolute atomic E-state index is 5.94. The number of guanidine groups is 1. The standard InChI is InChI=1S/C23H37N5O2S/c1-6-19-17-26-22(31-19)11-12-25-23(24-4)27-16-18-9-10-20(21(15-18)29-5)30-14-13-28(7-2)8-3/h9-10,15,17H,6-8,11-14,16H2,1-5H3,(H2,24,25,27). The van der Waals surface area contributed by atoms with Gasteiger partial charge in [0.25, 0.3) is 0 Å². The number of benzene rings is 1. The third-order valence-corrected chi connectivity index (χ3v) is 6.25. The van der Waals surface area contributed by atoms with Gasteiger partial charge >= 0.3 is 0 Å². The van der Waals surface area contributed by atoms with Gasteiger partial charge in [-0.1, -0.05) is 26.8 Å². The summed E-state index contributed by atoms with van der Waals surface area (Å²) in [6.45, 7) is 11.5.